The minimum Gasteiger partial charge on any atom is -0.352 e. The smallest absolute Gasteiger partial charge is 0.225 e. The van der Waals surface area contributed by atoms with E-state index in [0.717, 1.165) is 38.0 Å². The highest BCUT2D eigenvalue weighted by atomic mass is 16.2. The monoisotopic (exact) mass is 373 g/mol. The van der Waals surface area contributed by atoms with Crippen LogP contribution >= 0.6 is 0 Å². The normalized spacial score (nSPS) is 17.2. The largest absolute Gasteiger partial charge is 0.352 e. The molecule has 1 fully saturated rings. The summed E-state index contributed by atoms with van der Waals surface area (Å²) < 4.78 is 0. The van der Waals surface area contributed by atoms with Gasteiger partial charge >= 0.3 is 0 Å². The summed E-state index contributed by atoms with van der Waals surface area (Å²) >= 11 is 0. The molecule has 5 nitrogen and oxygen atoms in total. The molecule has 1 N–H and O–H groups in total. The van der Waals surface area contributed by atoms with E-state index in [1.54, 1.807) is 0 Å². The number of hydrogen-bond acceptors (Lipinski definition) is 3. The molecule has 5 heteroatoms. The molecular weight excluding hydrogens is 338 g/mol. The van der Waals surface area contributed by atoms with E-state index in [1.165, 1.54) is 5.56 Å². The third-order valence-electron chi connectivity index (χ3n) is 5.77. The van der Waals surface area contributed by atoms with Crippen LogP contribution in [0.3, 0.4) is 0 Å². The number of benzene rings is 1. The third-order valence-corrected chi connectivity index (χ3v) is 5.77. The quantitative estimate of drug-likeness (QED) is 0.685. The summed E-state index contributed by atoms with van der Waals surface area (Å²) in [6.45, 7) is 12.5. The van der Waals surface area contributed by atoms with Gasteiger partial charge in [-0.25, -0.2) is 0 Å². The van der Waals surface area contributed by atoms with Gasteiger partial charge in [-0.3, -0.25) is 14.5 Å². The van der Waals surface area contributed by atoms with Gasteiger partial charge in [0.05, 0.1) is 5.92 Å². The lowest BCUT2D eigenvalue weighted by Gasteiger charge is -2.26. The summed E-state index contributed by atoms with van der Waals surface area (Å²) in [4.78, 5) is 29.2. The molecule has 1 aromatic carbocycles. The molecule has 150 valence electrons. The molecule has 1 heterocycles. The highest BCUT2D eigenvalue weighted by Crippen LogP contribution is 2.23. The molecule has 1 unspecified atom stereocenters. The minimum atomic E-state index is -0.229. The molecule has 1 saturated heterocycles. The Hall–Kier alpha value is -1.88. The van der Waals surface area contributed by atoms with E-state index < -0.39 is 0 Å². The molecule has 1 atom stereocenters. The molecule has 2 amide bonds. The van der Waals surface area contributed by atoms with Crippen LogP contribution in [0.1, 0.15) is 58.1 Å². The van der Waals surface area contributed by atoms with Crippen LogP contribution in [-0.4, -0.2) is 47.3 Å². The van der Waals surface area contributed by atoms with Gasteiger partial charge in [-0.15, -0.1) is 0 Å². The number of amides is 2. The van der Waals surface area contributed by atoms with Crippen LogP contribution in [0.2, 0.25) is 0 Å². The Kier molecular flexibility index (Phi) is 8.29. The molecule has 0 spiro atoms. The molecule has 1 aromatic rings. The van der Waals surface area contributed by atoms with Gasteiger partial charge in [-0.05, 0) is 37.1 Å². The van der Waals surface area contributed by atoms with Crippen LogP contribution in [0, 0.1) is 5.92 Å². The summed E-state index contributed by atoms with van der Waals surface area (Å²) in [6.07, 6.45) is 2.22. The van der Waals surface area contributed by atoms with Crippen LogP contribution < -0.4 is 5.32 Å². The third kappa shape index (κ3) is 5.55. The average molecular weight is 374 g/mol. The van der Waals surface area contributed by atoms with Crippen LogP contribution in [0.25, 0.3) is 0 Å². The first kappa shape index (κ1) is 21.4. The highest BCUT2D eigenvalue weighted by Gasteiger charge is 2.36. The Morgan fingerprint density at radius 2 is 1.78 bits per heavy atom. The first-order valence-corrected chi connectivity index (χ1v) is 10.4. The molecule has 1 aliphatic rings. The maximum Gasteiger partial charge on any atom is 0.225 e. The highest BCUT2D eigenvalue weighted by molar-refractivity contribution is 5.89. The van der Waals surface area contributed by atoms with Crippen LogP contribution in [-0.2, 0) is 22.7 Å². The van der Waals surface area contributed by atoms with Gasteiger partial charge in [0.15, 0.2) is 0 Å². The van der Waals surface area contributed by atoms with Crippen molar-refractivity contribution in [3.8, 4) is 0 Å². The Balaban J connectivity index is 1.95. The van der Waals surface area contributed by atoms with E-state index in [1.807, 2.05) is 17.0 Å². The van der Waals surface area contributed by atoms with Crippen molar-refractivity contribution < 1.29 is 9.59 Å². The van der Waals surface area contributed by atoms with E-state index in [0.29, 0.717) is 19.5 Å². The summed E-state index contributed by atoms with van der Waals surface area (Å²) in [5, 5.41) is 3.07. The summed E-state index contributed by atoms with van der Waals surface area (Å²) in [6, 6.07) is 8.53. The minimum absolute atomic E-state index is 0.00514. The van der Waals surface area contributed by atoms with Gasteiger partial charge in [0.1, 0.15) is 0 Å². The second-order valence-electron chi connectivity index (χ2n) is 7.37. The van der Waals surface area contributed by atoms with Crippen molar-refractivity contribution in [1.29, 1.82) is 0 Å². The van der Waals surface area contributed by atoms with Gasteiger partial charge < -0.3 is 10.2 Å². The first-order valence-electron chi connectivity index (χ1n) is 10.4. The number of nitrogens with zero attached hydrogens (tertiary/aromatic N) is 2. The number of nitrogens with one attached hydrogen (secondary N) is 1. The zero-order valence-electron chi connectivity index (χ0n) is 17.3. The van der Waals surface area contributed by atoms with E-state index in [2.05, 4.69) is 50.0 Å². The Morgan fingerprint density at radius 1 is 1.15 bits per heavy atom. The van der Waals surface area contributed by atoms with E-state index >= 15 is 0 Å². The van der Waals surface area contributed by atoms with Crippen molar-refractivity contribution >= 4 is 11.8 Å². The van der Waals surface area contributed by atoms with Crippen molar-refractivity contribution in [2.24, 2.45) is 5.92 Å². The maximum atomic E-state index is 12.7. The molecule has 0 radical (unpaired) electrons. The summed E-state index contributed by atoms with van der Waals surface area (Å²) in [5.74, 6) is -0.117. The number of rotatable bonds is 10. The number of carbonyl (C=O) groups is 2. The number of likely N-dealkylation sites (tertiary alicyclic amines) is 1. The van der Waals surface area contributed by atoms with Crippen LogP contribution in [0.5, 0.6) is 0 Å². The molecule has 27 heavy (non-hydrogen) atoms. The molecule has 0 saturated carbocycles. The van der Waals surface area contributed by atoms with Gasteiger partial charge in [-0.1, -0.05) is 52.0 Å². The first-order chi connectivity index (χ1) is 13.0. The van der Waals surface area contributed by atoms with Gasteiger partial charge in [0.2, 0.25) is 11.8 Å². The van der Waals surface area contributed by atoms with Crippen molar-refractivity contribution in [3.63, 3.8) is 0 Å². The standard InChI is InChI=1S/C22H35N3O2/c1-5-20(6-2)25-16-19(13-21(25)26)22(27)23-14-17-11-9-10-12-18(17)15-24(7-3)8-4/h9-12,19-20H,5-8,13-16H2,1-4H3,(H,23,27). The van der Waals surface area contributed by atoms with Gasteiger partial charge in [-0.2, -0.15) is 0 Å². The van der Waals surface area contributed by atoms with Gasteiger partial charge in [0.25, 0.3) is 0 Å². The van der Waals surface area contributed by atoms with E-state index in [9.17, 15) is 9.59 Å². The maximum absolute atomic E-state index is 12.7. The molecule has 2 rings (SSSR count). The van der Waals surface area contributed by atoms with Crippen LogP contribution in [0.15, 0.2) is 24.3 Å². The average Bonchev–Trinajstić information content (AvgIpc) is 3.07. The zero-order chi connectivity index (χ0) is 19.8. The molecule has 0 aromatic heterocycles. The van der Waals surface area contributed by atoms with E-state index in [-0.39, 0.29) is 23.8 Å². The Bertz CT molecular complexity index is 624. The zero-order valence-corrected chi connectivity index (χ0v) is 17.3. The molecule has 0 bridgehead atoms. The second kappa shape index (κ2) is 10.5. The Morgan fingerprint density at radius 3 is 2.37 bits per heavy atom. The van der Waals surface area contributed by atoms with Crippen molar-refractivity contribution in [1.82, 2.24) is 15.1 Å². The molecule has 0 aliphatic carbocycles. The lowest BCUT2D eigenvalue weighted by molar-refractivity contribution is -0.130. The fourth-order valence-corrected chi connectivity index (χ4v) is 3.89. The van der Waals surface area contributed by atoms with E-state index in [4.69, 9.17) is 0 Å². The fourth-order valence-electron chi connectivity index (χ4n) is 3.89. The van der Waals surface area contributed by atoms with Crippen molar-refractivity contribution in [2.75, 3.05) is 19.6 Å². The van der Waals surface area contributed by atoms with Crippen molar-refractivity contribution in [2.45, 2.75) is 66.1 Å². The predicted octanol–water partition coefficient (Wildman–Crippen LogP) is 3.18. The number of hydrogen-bond donors (Lipinski definition) is 1. The summed E-state index contributed by atoms with van der Waals surface area (Å²) in [7, 11) is 0. The summed E-state index contributed by atoms with van der Waals surface area (Å²) in [5.41, 5.74) is 2.40. The molecular formula is C22H35N3O2. The number of carbonyl (C=O) groups excluding carboxylic acids is 2. The topological polar surface area (TPSA) is 52.7 Å². The predicted molar refractivity (Wildman–Crippen MR) is 109 cm³/mol. The van der Waals surface area contributed by atoms with Crippen molar-refractivity contribution in [3.05, 3.63) is 35.4 Å². The van der Waals surface area contributed by atoms with Gasteiger partial charge in [0, 0.05) is 32.1 Å². The second-order valence-corrected chi connectivity index (χ2v) is 7.37. The van der Waals surface area contributed by atoms with Crippen LogP contribution in [0.4, 0.5) is 0 Å². The Labute approximate surface area is 164 Å². The lowest BCUT2D eigenvalue weighted by atomic mass is 10.1. The SMILES string of the molecule is CCC(CC)N1CC(C(=O)NCc2ccccc2CN(CC)CC)CC1=O. The fraction of sp³-hybridized carbons (Fsp3) is 0.636. The molecule has 1 aliphatic heterocycles. The lowest BCUT2D eigenvalue weighted by Crippen LogP contribution is -2.37.